The molecule has 1 aromatic carbocycles. The highest BCUT2D eigenvalue weighted by Gasteiger charge is 2.34. The van der Waals surface area contributed by atoms with Crippen LogP contribution < -0.4 is 5.32 Å². The molecule has 2 unspecified atom stereocenters. The number of nitrogens with one attached hydrogen (secondary N) is 1. The fourth-order valence-electron chi connectivity index (χ4n) is 4.04. The van der Waals surface area contributed by atoms with Crippen LogP contribution in [-0.2, 0) is 6.42 Å². The molecule has 0 aromatic heterocycles. The third-order valence-electron chi connectivity index (χ3n) is 5.41. The van der Waals surface area contributed by atoms with E-state index in [2.05, 4.69) is 35.3 Å². The van der Waals surface area contributed by atoms with Gasteiger partial charge >= 0.3 is 0 Å². The smallest absolute Gasteiger partial charge is 0.0326 e. The fourth-order valence-corrected chi connectivity index (χ4v) is 4.04. The van der Waals surface area contributed by atoms with Crippen molar-refractivity contribution in [2.24, 2.45) is 5.92 Å². The summed E-state index contributed by atoms with van der Waals surface area (Å²) >= 11 is 0. The van der Waals surface area contributed by atoms with Crippen LogP contribution in [0.3, 0.4) is 0 Å². The van der Waals surface area contributed by atoms with Crippen molar-refractivity contribution in [3.8, 4) is 0 Å². The van der Waals surface area contributed by atoms with Gasteiger partial charge < -0.3 is 10.2 Å². The van der Waals surface area contributed by atoms with Gasteiger partial charge in [0.25, 0.3) is 0 Å². The monoisotopic (exact) mass is 270 g/mol. The Morgan fingerprint density at radius 1 is 1.20 bits per heavy atom. The molecule has 0 spiro atoms. The molecule has 2 aliphatic carbocycles. The predicted octanol–water partition coefficient (Wildman–Crippen LogP) is 3.06. The van der Waals surface area contributed by atoms with Gasteiger partial charge in [0.1, 0.15) is 0 Å². The van der Waals surface area contributed by atoms with E-state index in [1.807, 2.05) is 0 Å². The summed E-state index contributed by atoms with van der Waals surface area (Å²) in [6, 6.07) is 8.54. The van der Waals surface area contributed by atoms with E-state index in [0.717, 1.165) is 12.0 Å². The SMILES string of the molecule is Cc1ccc2c(c1)C(NCC1CCN(C3CC3)C1)CC2. The number of rotatable bonds is 4. The minimum Gasteiger partial charge on any atom is -0.310 e. The zero-order valence-electron chi connectivity index (χ0n) is 12.6. The Labute approximate surface area is 122 Å². The number of aryl methyl sites for hydroxylation is 2. The first kappa shape index (κ1) is 12.8. The zero-order chi connectivity index (χ0) is 13.5. The van der Waals surface area contributed by atoms with Crippen LogP contribution in [0.25, 0.3) is 0 Å². The maximum Gasteiger partial charge on any atom is 0.0326 e. The normalized spacial score (nSPS) is 29.9. The van der Waals surface area contributed by atoms with E-state index in [1.54, 1.807) is 11.1 Å². The highest BCUT2D eigenvalue weighted by molar-refractivity contribution is 5.37. The molecule has 1 heterocycles. The minimum absolute atomic E-state index is 0.611. The van der Waals surface area contributed by atoms with Gasteiger partial charge in [-0.1, -0.05) is 23.8 Å². The largest absolute Gasteiger partial charge is 0.310 e. The van der Waals surface area contributed by atoms with E-state index in [-0.39, 0.29) is 0 Å². The lowest BCUT2D eigenvalue weighted by atomic mass is 10.0. The van der Waals surface area contributed by atoms with Gasteiger partial charge in [-0.15, -0.1) is 0 Å². The van der Waals surface area contributed by atoms with E-state index >= 15 is 0 Å². The summed E-state index contributed by atoms with van der Waals surface area (Å²) in [5.41, 5.74) is 4.54. The molecule has 1 saturated heterocycles. The quantitative estimate of drug-likeness (QED) is 0.904. The molecule has 3 aliphatic rings. The third kappa shape index (κ3) is 2.51. The second kappa shape index (κ2) is 5.16. The summed E-state index contributed by atoms with van der Waals surface area (Å²) < 4.78 is 0. The lowest BCUT2D eigenvalue weighted by molar-refractivity contribution is 0.309. The van der Waals surface area contributed by atoms with Gasteiger partial charge in [0.15, 0.2) is 0 Å². The van der Waals surface area contributed by atoms with Gasteiger partial charge in [0.05, 0.1) is 0 Å². The van der Waals surface area contributed by atoms with Crippen LogP contribution in [0.5, 0.6) is 0 Å². The molecule has 0 bridgehead atoms. The molecule has 2 nitrogen and oxygen atoms in total. The van der Waals surface area contributed by atoms with E-state index in [9.17, 15) is 0 Å². The van der Waals surface area contributed by atoms with Crippen LogP contribution in [-0.4, -0.2) is 30.6 Å². The number of nitrogens with zero attached hydrogens (tertiary/aromatic N) is 1. The summed E-state index contributed by atoms with van der Waals surface area (Å²) in [6.45, 7) is 6.10. The summed E-state index contributed by atoms with van der Waals surface area (Å²) in [7, 11) is 0. The molecule has 0 radical (unpaired) electrons. The summed E-state index contributed by atoms with van der Waals surface area (Å²) in [5, 5.41) is 3.86. The Bertz CT molecular complexity index is 492. The summed E-state index contributed by atoms with van der Waals surface area (Å²) in [5.74, 6) is 0.879. The Morgan fingerprint density at radius 2 is 2.10 bits per heavy atom. The van der Waals surface area contributed by atoms with Crippen molar-refractivity contribution >= 4 is 0 Å². The van der Waals surface area contributed by atoms with E-state index in [1.165, 1.54) is 57.3 Å². The molecule has 2 atom stereocenters. The number of benzene rings is 1. The Hall–Kier alpha value is -0.860. The zero-order valence-corrected chi connectivity index (χ0v) is 12.6. The van der Waals surface area contributed by atoms with Gasteiger partial charge in [-0.2, -0.15) is 0 Å². The van der Waals surface area contributed by atoms with E-state index < -0.39 is 0 Å². The second-order valence-electron chi connectivity index (χ2n) is 7.08. The molecule has 2 fully saturated rings. The van der Waals surface area contributed by atoms with Gasteiger partial charge in [0, 0.05) is 18.6 Å². The topological polar surface area (TPSA) is 15.3 Å². The molecular weight excluding hydrogens is 244 g/mol. The second-order valence-corrected chi connectivity index (χ2v) is 7.08. The van der Waals surface area contributed by atoms with Crippen molar-refractivity contribution in [2.45, 2.75) is 51.1 Å². The van der Waals surface area contributed by atoms with Gasteiger partial charge in [-0.25, -0.2) is 0 Å². The molecule has 2 heteroatoms. The predicted molar refractivity (Wildman–Crippen MR) is 82.9 cm³/mol. The van der Waals surface area contributed by atoms with Crippen molar-refractivity contribution < 1.29 is 0 Å². The molecule has 20 heavy (non-hydrogen) atoms. The molecule has 4 rings (SSSR count). The standard InChI is InChI=1S/C18H26N2/c1-13-2-3-15-4-7-18(17(15)10-13)19-11-14-8-9-20(12-14)16-5-6-16/h2-3,10,14,16,18-19H,4-9,11-12H2,1H3. The highest BCUT2D eigenvalue weighted by atomic mass is 15.2. The van der Waals surface area contributed by atoms with E-state index in [0.29, 0.717) is 6.04 Å². The molecule has 1 N–H and O–H groups in total. The Morgan fingerprint density at radius 3 is 2.95 bits per heavy atom. The third-order valence-corrected chi connectivity index (χ3v) is 5.41. The van der Waals surface area contributed by atoms with Crippen molar-refractivity contribution in [3.05, 3.63) is 34.9 Å². The van der Waals surface area contributed by atoms with Crippen LogP contribution in [0.1, 0.15) is 48.4 Å². The van der Waals surface area contributed by atoms with Gasteiger partial charge in [-0.05, 0) is 69.2 Å². The highest BCUT2D eigenvalue weighted by Crippen LogP contribution is 2.34. The average Bonchev–Trinajstić information content (AvgIpc) is 3.06. The number of fused-ring (bicyclic) bond motifs is 1. The average molecular weight is 270 g/mol. The van der Waals surface area contributed by atoms with Gasteiger partial charge in [0.2, 0.25) is 0 Å². The lowest BCUT2D eigenvalue weighted by Crippen LogP contribution is -2.29. The first-order chi connectivity index (χ1) is 9.79. The molecule has 108 valence electrons. The summed E-state index contributed by atoms with van der Waals surface area (Å²) in [4.78, 5) is 2.72. The molecule has 1 aromatic rings. The molecule has 1 saturated carbocycles. The van der Waals surface area contributed by atoms with Crippen molar-refractivity contribution in [2.75, 3.05) is 19.6 Å². The fraction of sp³-hybridized carbons (Fsp3) is 0.667. The van der Waals surface area contributed by atoms with Crippen LogP contribution in [0.15, 0.2) is 18.2 Å². The number of hydrogen-bond donors (Lipinski definition) is 1. The van der Waals surface area contributed by atoms with Crippen LogP contribution in [0.4, 0.5) is 0 Å². The Kier molecular flexibility index (Phi) is 3.31. The van der Waals surface area contributed by atoms with Crippen molar-refractivity contribution in [1.29, 1.82) is 0 Å². The molecule has 1 aliphatic heterocycles. The van der Waals surface area contributed by atoms with Gasteiger partial charge in [-0.3, -0.25) is 0 Å². The maximum atomic E-state index is 3.86. The Balaban J connectivity index is 1.34. The first-order valence-electron chi connectivity index (χ1n) is 8.36. The van der Waals surface area contributed by atoms with Crippen LogP contribution in [0, 0.1) is 12.8 Å². The number of likely N-dealkylation sites (tertiary alicyclic amines) is 1. The lowest BCUT2D eigenvalue weighted by Gasteiger charge is -2.19. The van der Waals surface area contributed by atoms with Crippen LogP contribution >= 0.6 is 0 Å². The van der Waals surface area contributed by atoms with Crippen molar-refractivity contribution in [1.82, 2.24) is 10.2 Å². The summed E-state index contributed by atoms with van der Waals surface area (Å²) in [6.07, 6.45) is 6.85. The van der Waals surface area contributed by atoms with Crippen LogP contribution in [0.2, 0.25) is 0 Å². The number of hydrogen-bond acceptors (Lipinski definition) is 2. The molecule has 0 amide bonds. The van der Waals surface area contributed by atoms with E-state index in [4.69, 9.17) is 0 Å². The minimum atomic E-state index is 0.611. The molecular formula is C18H26N2. The maximum absolute atomic E-state index is 3.86. The van der Waals surface area contributed by atoms with Crippen molar-refractivity contribution in [3.63, 3.8) is 0 Å². The first-order valence-corrected chi connectivity index (χ1v) is 8.36.